The summed E-state index contributed by atoms with van der Waals surface area (Å²) in [6.07, 6.45) is 6.77. The van der Waals surface area contributed by atoms with Crippen molar-refractivity contribution in [3.05, 3.63) is 34.9 Å². The Morgan fingerprint density at radius 1 is 1.00 bits per heavy atom. The van der Waals surface area contributed by atoms with Gasteiger partial charge in [-0.2, -0.15) is 0 Å². The summed E-state index contributed by atoms with van der Waals surface area (Å²) in [5.41, 5.74) is 0.226. The molecule has 0 radical (unpaired) electrons. The summed E-state index contributed by atoms with van der Waals surface area (Å²) in [5.74, 6) is -1.55. The summed E-state index contributed by atoms with van der Waals surface area (Å²) in [7, 11) is 0. The Morgan fingerprint density at radius 3 is 2.33 bits per heavy atom. The van der Waals surface area contributed by atoms with Crippen molar-refractivity contribution in [1.82, 2.24) is 10.6 Å². The highest BCUT2D eigenvalue weighted by atomic mass is 35.5. The van der Waals surface area contributed by atoms with Crippen LogP contribution in [-0.2, 0) is 0 Å². The lowest BCUT2D eigenvalue weighted by atomic mass is 9.89. The smallest absolute Gasteiger partial charge is 0.254 e. The number of piperidine rings is 1. The molecule has 0 spiro atoms. The third-order valence-electron chi connectivity index (χ3n) is 5.05. The highest BCUT2D eigenvalue weighted by Gasteiger charge is 2.24. The molecular weight excluding hydrogens is 334 g/mol. The van der Waals surface area contributed by atoms with E-state index < -0.39 is 17.5 Å². The molecule has 1 aromatic rings. The summed E-state index contributed by atoms with van der Waals surface area (Å²) in [5, 5.41) is 6.06. The molecule has 1 heterocycles. The molecular formula is C18H25ClF2N2O. The topological polar surface area (TPSA) is 41.1 Å². The first-order valence-corrected chi connectivity index (χ1v) is 8.65. The lowest BCUT2D eigenvalue weighted by Gasteiger charge is -2.24. The number of hydrogen-bond acceptors (Lipinski definition) is 2. The number of benzene rings is 1. The Kier molecular flexibility index (Phi) is 6.99. The van der Waals surface area contributed by atoms with Gasteiger partial charge in [-0.15, -0.1) is 12.4 Å². The van der Waals surface area contributed by atoms with Gasteiger partial charge >= 0.3 is 0 Å². The van der Waals surface area contributed by atoms with Gasteiger partial charge in [0.05, 0.1) is 5.56 Å². The van der Waals surface area contributed by atoms with Crippen molar-refractivity contribution in [2.24, 2.45) is 0 Å². The molecule has 24 heavy (non-hydrogen) atoms. The van der Waals surface area contributed by atoms with Gasteiger partial charge in [0.2, 0.25) is 0 Å². The maximum absolute atomic E-state index is 14.4. The maximum atomic E-state index is 14.4. The first-order valence-electron chi connectivity index (χ1n) is 8.65. The lowest BCUT2D eigenvalue weighted by molar-refractivity contribution is 0.0923. The number of halogens is 3. The number of carbonyl (C=O) groups excluding carboxylic acids is 1. The van der Waals surface area contributed by atoms with Crippen molar-refractivity contribution in [1.29, 1.82) is 0 Å². The van der Waals surface area contributed by atoms with Crippen LogP contribution >= 0.6 is 12.4 Å². The van der Waals surface area contributed by atoms with Gasteiger partial charge < -0.3 is 10.6 Å². The van der Waals surface area contributed by atoms with Crippen LogP contribution in [0.1, 0.15) is 66.8 Å². The number of carbonyl (C=O) groups is 1. The summed E-state index contributed by atoms with van der Waals surface area (Å²) in [4.78, 5) is 12.2. The molecule has 0 unspecified atom stereocenters. The fraction of sp³-hybridized carbons (Fsp3) is 0.611. The molecule has 6 heteroatoms. The van der Waals surface area contributed by atoms with E-state index in [4.69, 9.17) is 0 Å². The second-order valence-electron chi connectivity index (χ2n) is 6.69. The predicted octanol–water partition coefficient (Wildman–Crippen LogP) is 3.92. The number of hydrogen-bond donors (Lipinski definition) is 2. The van der Waals surface area contributed by atoms with E-state index in [0.717, 1.165) is 57.7 Å². The maximum Gasteiger partial charge on any atom is 0.254 e. The number of rotatable bonds is 3. The molecule has 1 saturated heterocycles. The fourth-order valence-corrected chi connectivity index (χ4v) is 3.69. The largest absolute Gasteiger partial charge is 0.349 e. The molecule has 3 rings (SSSR count). The molecule has 2 fully saturated rings. The first kappa shape index (κ1) is 19.1. The Labute approximate surface area is 148 Å². The van der Waals surface area contributed by atoms with E-state index in [-0.39, 0.29) is 29.9 Å². The molecule has 1 saturated carbocycles. The average molecular weight is 359 g/mol. The number of amides is 1. The zero-order valence-corrected chi connectivity index (χ0v) is 14.6. The van der Waals surface area contributed by atoms with Crippen LogP contribution in [0.25, 0.3) is 0 Å². The minimum absolute atomic E-state index is 0. The summed E-state index contributed by atoms with van der Waals surface area (Å²) in [6, 6.07) is 2.38. The van der Waals surface area contributed by atoms with Crippen LogP contribution < -0.4 is 10.6 Å². The van der Waals surface area contributed by atoms with Gasteiger partial charge in [0, 0.05) is 6.04 Å². The lowest BCUT2D eigenvalue weighted by Crippen LogP contribution is -2.36. The normalized spacial score (nSPS) is 19.6. The third-order valence-corrected chi connectivity index (χ3v) is 5.05. The molecule has 1 amide bonds. The van der Waals surface area contributed by atoms with Gasteiger partial charge in [-0.3, -0.25) is 4.79 Å². The molecule has 0 aromatic heterocycles. The average Bonchev–Trinajstić information content (AvgIpc) is 2.58. The van der Waals surface area contributed by atoms with E-state index in [9.17, 15) is 13.6 Å². The van der Waals surface area contributed by atoms with Crippen molar-refractivity contribution in [3.63, 3.8) is 0 Å². The molecule has 1 aliphatic carbocycles. The van der Waals surface area contributed by atoms with Crippen LogP contribution in [0.4, 0.5) is 8.78 Å². The van der Waals surface area contributed by atoms with Crippen molar-refractivity contribution < 1.29 is 13.6 Å². The van der Waals surface area contributed by atoms with Crippen molar-refractivity contribution in [2.75, 3.05) is 13.1 Å². The fourth-order valence-electron chi connectivity index (χ4n) is 3.69. The molecule has 2 N–H and O–H groups in total. The van der Waals surface area contributed by atoms with Crippen LogP contribution in [-0.4, -0.2) is 25.0 Å². The van der Waals surface area contributed by atoms with Gasteiger partial charge in [0.15, 0.2) is 0 Å². The SMILES string of the molecule is Cl.O=C(NC1CCCCC1)c1cc(F)c(C2CCNCC2)cc1F. The van der Waals surface area contributed by atoms with Gasteiger partial charge in [-0.25, -0.2) is 8.78 Å². The minimum Gasteiger partial charge on any atom is -0.349 e. The van der Waals surface area contributed by atoms with E-state index in [1.54, 1.807) is 0 Å². The van der Waals surface area contributed by atoms with Crippen LogP contribution in [0.15, 0.2) is 12.1 Å². The van der Waals surface area contributed by atoms with Crippen molar-refractivity contribution in [2.45, 2.75) is 56.9 Å². The second kappa shape index (κ2) is 8.77. The van der Waals surface area contributed by atoms with Gasteiger partial charge in [-0.1, -0.05) is 19.3 Å². The molecule has 0 bridgehead atoms. The molecule has 134 valence electrons. The highest BCUT2D eigenvalue weighted by molar-refractivity contribution is 5.94. The number of nitrogens with one attached hydrogen (secondary N) is 2. The Balaban J connectivity index is 0.00000208. The Bertz CT molecular complexity index is 570. The van der Waals surface area contributed by atoms with E-state index in [2.05, 4.69) is 10.6 Å². The molecule has 0 atom stereocenters. The summed E-state index contributed by atoms with van der Waals surface area (Å²) >= 11 is 0. The van der Waals surface area contributed by atoms with E-state index >= 15 is 0 Å². The monoisotopic (exact) mass is 358 g/mol. The standard InChI is InChI=1S/C18H24F2N2O.ClH/c19-16-11-15(18(23)22-13-4-2-1-3-5-13)17(20)10-14(16)12-6-8-21-9-7-12;/h10-13,21H,1-9H2,(H,22,23);1H. The second-order valence-corrected chi connectivity index (χ2v) is 6.69. The van der Waals surface area contributed by atoms with Crippen molar-refractivity contribution >= 4 is 18.3 Å². The highest BCUT2D eigenvalue weighted by Crippen LogP contribution is 2.29. The van der Waals surface area contributed by atoms with Crippen LogP contribution in [0.2, 0.25) is 0 Å². The quantitative estimate of drug-likeness (QED) is 0.860. The first-order chi connectivity index (χ1) is 11.1. The molecule has 3 nitrogen and oxygen atoms in total. The zero-order chi connectivity index (χ0) is 16.2. The van der Waals surface area contributed by atoms with Crippen LogP contribution in [0.5, 0.6) is 0 Å². The van der Waals surface area contributed by atoms with Gasteiger partial charge in [0.25, 0.3) is 5.91 Å². The van der Waals surface area contributed by atoms with E-state index in [0.29, 0.717) is 5.56 Å². The summed E-state index contributed by atoms with van der Waals surface area (Å²) in [6.45, 7) is 1.63. The summed E-state index contributed by atoms with van der Waals surface area (Å²) < 4.78 is 28.7. The molecule has 1 aliphatic heterocycles. The van der Waals surface area contributed by atoms with E-state index in [1.165, 1.54) is 12.5 Å². The zero-order valence-electron chi connectivity index (χ0n) is 13.7. The van der Waals surface area contributed by atoms with Gasteiger partial charge in [-0.05, 0) is 62.4 Å². The van der Waals surface area contributed by atoms with Crippen molar-refractivity contribution in [3.8, 4) is 0 Å². The predicted molar refractivity (Wildman–Crippen MR) is 92.8 cm³/mol. The van der Waals surface area contributed by atoms with Gasteiger partial charge in [0.1, 0.15) is 11.6 Å². The molecule has 1 aromatic carbocycles. The van der Waals surface area contributed by atoms with Crippen LogP contribution in [0, 0.1) is 11.6 Å². The minimum atomic E-state index is -0.617. The van der Waals surface area contributed by atoms with Crippen LogP contribution in [0.3, 0.4) is 0 Å². The Morgan fingerprint density at radius 2 is 1.67 bits per heavy atom. The molecule has 2 aliphatic rings. The third kappa shape index (κ3) is 4.45. The Hall–Kier alpha value is -1.20. The van der Waals surface area contributed by atoms with E-state index in [1.807, 2.05) is 0 Å².